The topological polar surface area (TPSA) is 32.3 Å². The molecule has 2 rings (SSSR count). The van der Waals surface area contributed by atoms with Gasteiger partial charge in [0.25, 0.3) is 0 Å². The van der Waals surface area contributed by atoms with Crippen molar-refractivity contribution in [3.8, 4) is 0 Å². The average Bonchev–Trinajstić information content (AvgIpc) is 2.47. The van der Waals surface area contributed by atoms with Crippen LogP contribution in [0.15, 0.2) is 24.3 Å². The zero-order valence-corrected chi connectivity index (χ0v) is 12.7. The van der Waals surface area contributed by atoms with Crippen LogP contribution in [0.3, 0.4) is 0 Å². The van der Waals surface area contributed by atoms with Gasteiger partial charge < -0.3 is 10.2 Å². The number of nitrogens with zero attached hydrogens (tertiary/aromatic N) is 1. The SMILES string of the molecule is CC(C)c1ccc(NC(=O)CCN2CCCCC2)cc1. The quantitative estimate of drug-likeness (QED) is 0.889. The first kappa shape index (κ1) is 15.0. The molecule has 1 heterocycles. The number of nitrogens with one attached hydrogen (secondary N) is 1. The van der Waals surface area contributed by atoms with Crippen molar-refractivity contribution in [1.82, 2.24) is 4.90 Å². The highest BCUT2D eigenvalue weighted by atomic mass is 16.1. The van der Waals surface area contributed by atoms with Gasteiger partial charge in [-0.1, -0.05) is 32.4 Å². The Morgan fingerprint density at radius 2 is 1.80 bits per heavy atom. The summed E-state index contributed by atoms with van der Waals surface area (Å²) in [5, 5.41) is 2.98. The molecule has 1 fully saturated rings. The molecule has 0 spiro atoms. The summed E-state index contributed by atoms with van der Waals surface area (Å²) < 4.78 is 0. The van der Waals surface area contributed by atoms with Gasteiger partial charge in [0.15, 0.2) is 0 Å². The number of anilines is 1. The summed E-state index contributed by atoms with van der Waals surface area (Å²) in [6, 6.07) is 8.16. The van der Waals surface area contributed by atoms with E-state index in [1.54, 1.807) is 0 Å². The molecule has 0 saturated carbocycles. The Morgan fingerprint density at radius 3 is 2.40 bits per heavy atom. The zero-order chi connectivity index (χ0) is 14.4. The van der Waals surface area contributed by atoms with E-state index in [1.807, 2.05) is 12.1 Å². The van der Waals surface area contributed by atoms with Crippen molar-refractivity contribution in [3.63, 3.8) is 0 Å². The smallest absolute Gasteiger partial charge is 0.225 e. The fourth-order valence-corrected chi connectivity index (χ4v) is 2.62. The molecule has 0 atom stereocenters. The Kier molecular flexibility index (Phi) is 5.60. The van der Waals surface area contributed by atoms with Gasteiger partial charge in [-0.25, -0.2) is 0 Å². The van der Waals surface area contributed by atoms with E-state index in [9.17, 15) is 4.79 Å². The molecular formula is C17H26N2O. The maximum absolute atomic E-state index is 11.9. The predicted molar refractivity (Wildman–Crippen MR) is 84.1 cm³/mol. The molecule has 3 heteroatoms. The van der Waals surface area contributed by atoms with Crippen molar-refractivity contribution >= 4 is 11.6 Å². The van der Waals surface area contributed by atoms with Crippen molar-refractivity contribution in [3.05, 3.63) is 29.8 Å². The molecule has 1 saturated heterocycles. The van der Waals surface area contributed by atoms with Gasteiger partial charge >= 0.3 is 0 Å². The van der Waals surface area contributed by atoms with Gasteiger partial charge in [0.05, 0.1) is 0 Å². The average molecular weight is 274 g/mol. The Morgan fingerprint density at radius 1 is 1.15 bits per heavy atom. The van der Waals surface area contributed by atoms with Gasteiger partial charge in [-0.15, -0.1) is 0 Å². The minimum Gasteiger partial charge on any atom is -0.326 e. The molecule has 0 aromatic heterocycles. The van der Waals surface area contributed by atoms with E-state index >= 15 is 0 Å². The summed E-state index contributed by atoms with van der Waals surface area (Å²) in [5.74, 6) is 0.645. The fourth-order valence-electron chi connectivity index (χ4n) is 2.62. The molecule has 1 amide bonds. The summed E-state index contributed by atoms with van der Waals surface area (Å²) >= 11 is 0. The van der Waals surface area contributed by atoms with Crippen LogP contribution >= 0.6 is 0 Å². The first-order valence-corrected chi connectivity index (χ1v) is 7.77. The lowest BCUT2D eigenvalue weighted by Crippen LogP contribution is -2.32. The van der Waals surface area contributed by atoms with E-state index < -0.39 is 0 Å². The number of likely N-dealkylation sites (tertiary alicyclic amines) is 1. The first-order chi connectivity index (χ1) is 9.65. The number of hydrogen-bond donors (Lipinski definition) is 1. The van der Waals surface area contributed by atoms with Crippen molar-refractivity contribution in [1.29, 1.82) is 0 Å². The number of piperidine rings is 1. The first-order valence-electron chi connectivity index (χ1n) is 7.77. The lowest BCUT2D eigenvalue weighted by molar-refractivity contribution is -0.116. The number of carbonyl (C=O) groups is 1. The monoisotopic (exact) mass is 274 g/mol. The fraction of sp³-hybridized carbons (Fsp3) is 0.588. The lowest BCUT2D eigenvalue weighted by atomic mass is 10.0. The second kappa shape index (κ2) is 7.44. The van der Waals surface area contributed by atoms with Gasteiger partial charge in [-0.2, -0.15) is 0 Å². The van der Waals surface area contributed by atoms with Gasteiger partial charge in [-0.05, 0) is 49.5 Å². The Bertz CT molecular complexity index is 419. The van der Waals surface area contributed by atoms with Crippen LogP contribution in [0.25, 0.3) is 0 Å². The van der Waals surface area contributed by atoms with E-state index in [2.05, 4.69) is 36.2 Å². The molecule has 110 valence electrons. The van der Waals surface area contributed by atoms with Crippen molar-refractivity contribution < 1.29 is 4.79 Å². The number of benzene rings is 1. The molecule has 1 aliphatic rings. The minimum atomic E-state index is 0.118. The van der Waals surface area contributed by atoms with E-state index in [0.29, 0.717) is 12.3 Å². The van der Waals surface area contributed by atoms with Crippen molar-refractivity contribution in [2.45, 2.75) is 45.4 Å². The normalized spacial score (nSPS) is 16.4. The molecule has 0 bridgehead atoms. The summed E-state index contributed by atoms with van der Waals surface area (Å²) in [6.45, 7) is 7.53. The highest BCUT2D eigenvalue weighted by Crippen LogP contribution is 2.17. The second-order valence-corrected chi connectivity index (χ2v) is 5.98. The zero-order valence-electron chi connectivity index (χ0n) is 12.7. The minimum absolute atomic E-state index is 0.118. The van der Waals surface area contributed by atoms with Crippen molar-refractivity contribution in [2.24, 2.45) is 0 Å². The number of amides is 1. The van der Waals surface area contributed by atoms with E-state index in [0.717, 1.165) is 25.3 Å². The Labute approximate surface area is 122 Å². The van der Waals surface area contributed by atoms with Crippen molar-refractivity contribution in [2.75, 3.05) is 25.0 Å². The van der Waals surface area contributed by atoms with Gasteiger partial charge in [0.2, 0.25) is 5.91 Å². The highest BCUT2D eigenvalue weighted by Gasteiger charge is 2.11. The molecule has 20 heavy (non-hydrogen) atoms. The maximum atomic E-state index is 11.9. The third-order valence-corrected chi connectivity index (χ3v) is 3.96. The summed E-state index contributed by atoms with van der Waals surface area (Å²) in [6.07, 6.45) is 4.48. The van der Waals surface area contributed by atoms with E-state index in [-0.39, 0.29) is 5.91 Å². The molecule has 0 aliphatic carbocycles. The predicted octanol–water partition coefficient (Wildman–Crippen LogP) is 3.62. The van der Waals surface area contributed by atoms with E-state index in [4.69, 9.17) is 0 Å². The van der Waals surface area contributed by atoms with Crippen LogP contribution in [-0.2, 0) is 4.79 Å². The van der Waals surface area contributed by atoms with Crippen LogP contribution in [0.2, 0.25) is 0 Å². The standard InChI is InChI=1S/C17H26N2O/c1-14(2)15-6-8-16(9-7-15)18-17(20)10-13-19-11-4-3-5-12-19/h6-9,14H,3-5,10-13H2,1-2H3,(H,18,20). The van der Waals surface area contributed by atoms with Crippen LogP contribution in [0.5, 0.6) is 0 Å². The highest BCUT2D eigenvalue weighted by molar-refractivity contribution is 5.90. The van der Waals surface area contributed by atoms with Crippen LogP contribution in [0.4, 0.5) is 5.69 Å². The largest absolute Gasteiger partial charge is 0.326 e. The Balaban J connectivity index is 1.75. The number of carbonyl (C=O) groups excluding carboxylic acids is 1. The second-order valence-electron chi connectivity index (χ2n) is 5.98. The van der Waals surface area contributed by atoms with Crippen LogP contribution in [0, 0.1) is 0 Å². The Hall–Kier alpha value is -1.35. The summed E-state index contributed by atoms with van der Waals surface area (Å²) in [7, 11) is 0. The molecular weight excluding hydrogens is 248 g/mol. The summed E-state index contributed by atoms with van der Waals surface area (Å²) in [5.41, 5.74) is 2.20. The lowest BCUT2D eigenvalue weighted by Gasteiger charge is -2.25. The summed E-state index contributed by atoms with van der Waals surface area (Å²) in [4.78, 5) is 14.3. The third-order valence-electron chi connectivity index (χ3n) is 3.96. The van der Waals surface area contributed by atoms with E-state index in [1.165, 1.54) is 24.8 Å². The third kappa shape index (κ3) is 4.64. The molecule has 1 N–H and O–H groups in total. The molecule has 1 aromatic rings. The molecule has 1 aromatic carbocycles. The van der Waals surface area contributed by atoms with Gasteiger partial charge in [-0.3, -0.25) is 4.79 Å². The van der Waals surface area contributed by atoms with Crippen LogP contribution in [0.1, 0.15) is 51.0 Å². The number of rotatable bonds is 5. The molecule has 1 aliphatic heterocycles. The van der Waals surface area contributed by atoms with Gasteiger partial charge in [0, 0.05) is 18.7 Å². The van der Waals surface area contributed by atoms with Crippen LogP contribution < -0.4 is 5.32 Å². The van der Waals surface area contributed by atoms with Gasteiger partial charge in [0.1, 0.15) is 0 Å². The van der Waals surface area contributed by atoms with Crippen LogP contribution in [-0.4, -0.2) is 30.4 Å². The number of hydrogen-bond acceptors (Lipinski definition) is 2. The molecule has 3 nitrogen and oxygen atoms in total. The maximum Gasteiger partial charge on any atom is 0.225 e. The molecule has 0 unspecified atom stereocenters. The molecule has 0 radical (unpaired) electrons.